The van der Waals surface area contributed by atoms with Gasteiger partial charge in [-0.25, -0.2) is 13.6 Å². The Morgan fingerprint density at radius 2 is 1.48 bits per heavy atom. The van der Waals surface area contributed by atoms with E-state index in [0.29, 0.717) is 0 Å². The summed E-state index contributed by atoms with van der Waals surface area (Å²) in [6, 6.07) is 13.2. The number of benzene rings is 2. The Balaban J connectivity index is 0. The maximum atomic E-state index is 12.3. The molecule has 2 aromatic carbocycles. The molecule has 0 aliphatic carbocycles. The average Bonchev–Trinajstić information content (AvgIpc) is 2.41. The summed E-state index contributed by atoms with van der Waals surface area (Å²) >= 11 is 0. The molecule has 3 nitrogen and oxygen atoms in total. The second-order valence-corrected chi connectivity index (χ2v) is 3.23. The maximum Gasteiger partial charge on any atom is 2.00 e. The zero-order chi connectivity index (χ0) is 14.1. The molecule has 0 saturated heterocycles. The van der Waals surface area contributed by atoms with Crippen molar-refractivity contribution in [3.05, 3.63) is 71.8 Å². The molecule has 0 aromatic heterocycles. The fourth-order valence-corrected chi connectivity index (χ4v) is 1.06. The number of rotatable bonds is 2. The third-order valence-corrected chi connectivity index (χ3v) is 1.91. The Bertz CT molecular complexity index is 536. The van der Waals surface area contributed by atoms with E-state index in [1.807, 2.05) is 0 Å². The Morgan fingerprint density at radius 1 is 1.00 bits per heavy atom. The molecular weight excluding hydrogens is 358 g/mol. The van der Waals surface area contributed by atoms with Crippen molar-refractivity contribution in [1.82, 2.24) is 0 Å². The summed E-state index contributed by atoms with van der Waals surface area (Å²) in [5.41, 5.74) is 0.142. The molecule has 2 aromatic rings. The second-order valence-electron chi connectivity index (χ2n) is 3.23. The van der Waals surface area contributed by atoms with Crippen molar-refractivity contribution in [3.63, 3.8) is 0 Å². The number of hydrogen-bond donors (Lipinski definition) is 0. The molecule has 0 atom stereocenters. The number of hydrogen-bond acceptors (Lipinski definition) is 3. The normalized spacial score (nSPS) is 8.10. The van der Waals surface area contributed by atoms with Crippen LogP contribution in [-0.4, -0.2) is 35.5 Å². The van der Waals surface area contributed by atoms with Crippen LogP contribution in [0.15, 0.2) is 48.5 Å². The Hall–Kier alpha value is -1.31. The Labute approximate surface area is 147 Å². The Morgan fingerprint density at radius 3 is 1.86 bits per heavy atom. The number of carbonyl (C=O) groups excluding carboxylic acids is 2. The molecule has 0 heterocycles. The van der Waals surface area contributed by atoms with E-state index in [4.69, 9.17) is 0 Å². The van der Waals surface area contributed by atoms with Gasteiger partial charge in [0.05, 0.1) is 5.56 Å². The second kappa shape index (κ2) is 12.4. The number of ether oxygens (including phenoxy) is 1. The topological polar surface area (TPSA) is 43.4 Å². The van der Waals surface area contributed by atoms with Gasteiger partial charge >= 0.3 is 35.5 Å². The molecule has 0 saturated carbocycles. The van der Waals surface area contributed by atoms with E-state index in [1.54, 1.807) is 0 Å². The predicted octanol–water partition coefficient (Wildman–Crippen LogP) is -0.612. The minimum atomic E-state index is -0.787. The van der Waals surface area contributed by atoms with Crippen LogP contribution in [0.2, 0.25) is 0 Å². The van der Waals surface area contributed by atoms with E-state index >= 15 is 0 Å². The van der Waals surface area contributed by atoms with Gasteiger partial charge in [-0.15, -0.1) is 12.1 Å². The zero-order valence-electron chi connectivity index (χ0n) is 10.8. The maximum absolute atomic E-state index is 12.3. The SMILES string of the molecule is Fc1cc[c-]cc1.O=COC(=O)c1ccc(F)cc1.[Br-].[Mg+2]. The average molecular weight is 367 g/mol. The van der Waals surface area contributed by atoms with Gasteiger partial charge in [0.15, 0.2) is 0 Å². The van der Waals surface area contributed by atoms with Gasteiger partial charge in [0, 0.05) is 5.82 Å². The van der Waals surface area contributed by atoms with Crippen molar-refractivity contribution in [2.45, 2.75) is 0 Å². The quantitative estimate of drug-likeness (QED) is 0.234. The van der Waals surface area contributed by atoms with E-state index in [1.165, 1.54) is 36.4 Å². The van der Waals surface area contributed by atoms with Crippen LogP contribution < -0.4 is 17.0 Å². The van der Waals surface area contributed by atoms with Crippen molar-refractivity contribution in [2.75, 3.05) is 0 Å². The molecule has 0 unspecified atom stereocenters. The standard InChI is InChI=1S/C8H5FO3.C6H4F.BrH.Mg/c9-7-3-1-6(2-4-7)8(11)12-5-10;7-6-4-2-1-3-5-6;;/h1-5H;2-5H;1H;/q;-1;;+2/p-1. The van der Waals surface area contributed by atoms with Crippen molar-refractivity contribution < 1.29 is 40.1 Å². The monoisotopic (exact) mass is 366 g/mol. The number of carbonyl (C=O) groups is 2. The molecule has 0 aliphatic heterocycles. The van der Waals surface area contributed by atoms with Gasteiger partial charge in [-0.1, -0.05) is 0 Å². The summed E-state index contributed by atoms with van der Waals surface area (Å²) in [5, 5.41) is 0. The van der Waals surface area contributed by atoms with Crippen molar-refractivity contribution in [2.24, 2.45) is 0 Å². The van der Waals surface area contributed by atoms with Crippen molar-refractivity contribution in [3.8, 4) is 0 Å². The molecular formula is C14H9BrF2MgO3. The first kappa shape index (κ1) is 22.0. The van der Waals surface area contributed by atoms with E-state index in [0.717, 1.165) is 12.1 Å². The largest absolute Gasteiger partial charge is 2.00 e. The smallest absolute Gasteiger partial charge is 1.00 e. The summed E-state index contributed by atoms with van der Waals surface area (Å²) in [4.78, 5) is 20.5. The van der Waals surface area contributed by atoms with E-state index in [2.05, 4.69) is 10.8 Å². The predicted molar refractivity (Wildman–Crippen MR) is 68.9 cm³/mol. The molecule has 0 radical (unpaired) electrons. The summed E-state index contributed by atoms with van der Waals surface area (Å²) < 4.78 is 28.2. The van der Waals surface area contributed by atoms with Crippen molar-refractivity contribution >= 4 is 35.5 Å². The minimum absolute atomic E-state index is 0. The molecule has 0 amide bonds. The van der Waals surface area contributed by atoms with Gasteiger partial charge < -0.3 is 21.7 Å². The van der Waals surface area contributed by atoms with Gasteiger partial charge in [0.25, 0.3) is 0 Å². The third-order valence-electron chi connectivity index (χ3n) is 1.91. The van der Waals surface area contributed by atoms with Crippen LogP contribution >= 0.6 is 0 Å². The molecule has 0 N–H and O–H groups in total. The number of halogens is 3. The summed E-state index contributed by atoms with van der Waals surface area (Å²) in [5.74, 6) is -1.44. The molecule has 0 fully saturated rings. The van der Waals surface area contributed by atoms with Crippen LogP contribution in [0.1, 0.15) is 10.4 Å². The summed E-state index contributed by atoms with van der Waals surface area (Å²) in [6.45, 7) is 0.0334. The molecule has 0 spiro atoms. The molecule has 7 heteroatoms. The van der Waals surface area contributed by atoms with Crippen LogP contribution in [-0.2, 0) is 9.53 Å². The molecule has 0 bridgehead atoms. The molecule has 21 heavy (non-hydrogen) atoms. The molecule has 2 rings (SSSR count). The molecule has 0 aliphatic rings. The fraction of sp³-hybridized carbons (Fsp3) is 0. The zero-order valence-corrected chi connectivity index (χ0v) is 13.8. The van der Waals surface area contributed by atoms with Gasteiger partial charge in [0.2, 0.25) is 0 Å². The van der Waals surface area contributed by atoms with Crippen molar-refractivity contribution in [1.29, 1.82) is 0 Å². The van der Waals surface area contributed by atoms with E-state index in [-0.39, 0.29) is 57.9 Å². The third kappa shape index (κ3) is 9.27. The number of esters is 1. The van der Waals surface area contributed by atoms with E-state index < -0.39 is 11.8 Å². The first-order chi connectivity index (χ1) is 9.13. The first-order valence-corrected chi connectivity index (χ1v) is 5.15. The van der Waals surface area contributed by atoms with Crippen LogP contribution in [0.3, 0.4) is 0 Å². The summed E-state index contributed by atoms with van der Waals surface area (Å²) in [6.07, 6.45) is 0. The van der Waals surface area contributed by atoms with E-state index in [9.17, 15) is 18.4 Å². The fourth-order valence-electron chi connectivity index (χ4n) is 1.06. The van der Waals surface area contributed by atoms with Crippen LogP contribution in [0.25, 0.3) is 0 Å². The Kier molecular flexibility index (Phi) is 13.0. The minimum Gasteiger partial charge on any atom is -1.00 e. The van der Waals surface area contributed by atoms with Crippen LogP contribution in [0.5, 0.6) is 0 Å². The summed E-state index contributed by atoms with van der Waals surface area (Å²) in [7, 11) is 0. The van der Waals surface area contributed by atoms with Crippen LogP contribution in [0.4, 0.5) is 8.78 Å². The van der Waals surface area contributed by atoms with Gasteiger partial charge in [0.1, 0.15) is 5.82 Å². The molecule has 106 valence electrons. The van der Waals surface area contributed by atoms with Gasteiger partial charge in [-0.2, -0.15) is 18.2 Å². The van der Waals surface area contributed by atoms with Gasteiger partial charge in [-0.3, -0.25) is 4.79 Å². The van der Waals surface area contributed by atoms with Crippen LogP contribution in [0, 0.1) is 17.7 Å². The van der Waals surface area contributed by atoms with Gasteiger partial charge in [-0.05, 0) is 24.3 Å². The first-order valence-electron chi connectivity index (χ1n) is 5.15.